The second kappa shape index (κ2) is 5.65. The van der Waals surface area contributed by atoms with Crippen LogP contribution in [0.25, 0.3) is 0 Å². The predicted molar refractivity (Wildman–Crippen MR) is 71.3 cm³/mol. The van der Waals surface area contributed by atoms with Gasteiger partial charge in [0.25, 0.3) is 0 Å². The maximum atomic E-state index is 11.9. The van der Waals surface area contributed by atoms with Crippen molar-refractivity contribution in [3.63, 3.8) is 0 Å². The van der Waals surface area contributed by atoms with E-state index in [2.05, 4.69) is 30.5 Å². The van der Waals surface area contributed by atoms with Crippen LogP contribution in [0, 0.1) is 12.8 Å². The molecule has 0 aliphatic carbocycles. The van der Waals surface area contributed by atoms with Crippen molar-refractivity contribution < 1.29 is 4.79 Å². The largest absolute Gasteiger partial charge is 0.353 e. The zero-order valence-electron chi connectivity index (χ0n) is 10.5. The molecule has 1 fully saturated rings. The summed E-state index contributed by atoms with van der Waals surface area (Å²) in [4.78, 5) is 14.3. The maximum absolute atomic E-state index is 11.9. The summed E-state index contributed by atoms with van der Waals surface area (Å²) in [6.07, 6.45) is 1.56. The molecule has 1 saturated heterocycles. The number of piperidine rings is 1. The molecule has 1 aliphatic heterocycles. The van der Waals surface area contributed by atoms with Gasteiger partial charge in [0.05, 0.1) is 6.42 Å². The lowest BCUT2D eigenvalue weighted by atomic mass is 9.95. The van der Waals surface area contributed by atoms with Crippen molar-refractivity contribution >= 4 is 17.2 Å². The summed E-state index contributed by atoms with van der Waals surface area (Å²) in [5, 5.41) is 6.50. The molecule has 0 radical (unpaired) electrons. The molecule has 1 aliphatic rings. The number of aryl methyl sites for hydroxylation is 1. The Morgan fingerprint density at radius 1 is 1.59 bits per heavy atom. The monoisotopic (exact) mass is 252 g/mol. The molecular formula is C13H20N2OS. The Morgan fingerprint density at radius 2 is 2.41 bits per heavy atom. The fraction of sp³-hybridized carbons (Fsp3) is 0.615. The van der Waals surface area contributed by atoms with Gasteiger partial charge in [0, 0.05) is 15.8 Å². The molecule has 0 saturated carbocycles. The molecule has 2 heterocycles. The molecule has 0 bridgehead atoms. The van der Waals surface area contributed by atoms with Gasteiger partial charge in [-0.2, -0.15) is 0 Å². The lowest BCUT2D eigenvalue weighted by molar-refractivity contribution is -0.121. The average Bonchev–Trinajstić information content (AvgIpc) is 2.67. The van der Waals surface area contributed by atoms with Crippen LogP contribution in [-0.2, 0) is 11.2 Å². The summed E-state index contributed by atoms with van der Waals surface area (Å²) in [6, 6.07) is 4.45. The smallest absolute Gasteiger partial charge is 0.225 e. The standard InChI is InChI=1S/C13H20N2OS/c1-9-8-14-6-5-12(9)15-13(16)7-11-4-3-10(2)17-11/h3-4,9,12,14H,5-8H2,1-2H3,(H,15,16). The molecule has 2 atom stereocenters. The molecule has 4 heteroatoms. The van der Waals surface area contributed by atoms with E-state index in [-0.39, 0.29) is 5.91 Å². The fourth-order valence-corrected chi connectivity index (χ4v) is 3.11. The molecule has 94 valence electrons. The number of hydrogen-bond donors (Lipinski definition) is 2. The topological polar surface area (TPSA) is 41.1 Å². The van der Waals surface area contributed by atoms with Crippen LogP contribution < -0.4 is 10.6 Å². The van der Waals surface area contributed by atoms with Crippen LogP contribution >= 0.6 is 11.3 Å². The molecule has 1 aromatic rings. The van der Waals surface area contributed by atoms with E-state index in [0.717, 1.165) is 24.4 Å². The summed E-state index contributed by atoms with van der Waals surface area (Å²) < 4.78 is 0. The molecular weight excluding hydrogens is 232 g/mol. The van der Waals surface area contributed by atoms with Crippen molar-refractivity contribution in [3.05, 3.63) is 21.9 Å². The average molecular weight is 252 g/mol. The Labute approximate surface area is 107 Å². The second-order valence-electron chi connectivity index (χ2n) is 4.83. The van der Waals surface area contributed by atoms with Crippen molar-refractivity contribution in [2.24, 2.45) is 5.92 Å². The molecule has 2 rings (SSSR count). The minimum atomic E-state index is 0.158. The number of carbonyl (C=O) groups excluding carboxylic acids is 1. The molecule has 2 unspecified atom stereocenters. The minimum Gasteiger partial charge on any atom is -0.353 e. The SMILES string of the molecule is Cc1ccc(CC(=O)NC2CCNCC2C)s1. The predicted octanol–water partition coefficient (Wildman–Crippen LogP) is 1.71. The van der Waals surface area contributed by atoms with Gasteiger partial charge in [-0.05, 0) is 44.5 Å². The van der Waals surface area contributed by atoms with E-state index < -0.39 is 0 Å². The van der Waals surface area contributed by atoms with E-state index in [1.165, 1.54) is 4.88 Å². The number of hydrogen-bond acceptors (Lipinski definition) is 3. The summed E-state index contributed by atoms with van der Waals surface area (Å²) in [6.45, 7) is 6.27. The Bertz CT molecular complexity index is 389. The lowest BCUT2D eigenvalue weighted by Gasteiger charge is -2.30. The van der Waals surface area contributed by atoms with Crippen LogP contribution in [0.5, 0.6) is 0 Å². The van der Waals surface area contributed by atoms with Crippen LogP contribution in [0.1, 0.15) is 23.1 Å². The van der Waals surface area contributed by atoms with Gasteiger partial charge in [0.15, 0.2) is 0 Å². The van der Waals surface area contributed by atoms with Gasteiger partial charge in [-0.15, -0.1) is 11.3 Å². The van der Waals surface area contributed by atoms with Crippen LogP contribution in [0.3, 0.4) is 0 Å². The lowest BCUT2D eigenvalue weighted by Crippen LogP contribution is -2.48. The third-order valence-corrected chi connectivity index (χ3v) is 4.26. The Morgan fingerprint density at radius 3 is 3.06 bits per heavy atom. The van der Waals surface area contributed by atoms with Gasteiger partial charge in [-0.1, -0.05) is 6.92 Å². The van der Waals surface area contributed by atoms with Gasteiger partial charge < -0.3 is 10.6 Å². The first-order chi connectivity index (χ1) is 8.15. The highest BCUT2D eigenvalue weighted by atomic mass is 32.1. The number of thiophene rings is 1. The van der Waals surface area contributed by atoms with E-state index in [1.54, 1.807) is 11.3 Å². The third-order valence-electron chi connectivity index (χ3n) is 3.26. The fourth-order valence-electron chi connectivity index (χ4n) is 2.22. The van der Waals surface area contributed by atoms with Gasteiger partial charge in [-0.25, -0.2) is 0 Å². The first-order valence-electron chi connectivity index (χ1n) is 6.20. The van der Waals surface area contributed by atoms with Crippen molar-refractivity contribution in [3.8, 4) is 0 Å². The van der Waals surface area contributed by atoms with Crippen molar-refractivity contribution in [2.45, 2.75) is 32.7 Å². The number of nitrogens with one attached hydrogen (secondary N) is 2. The Kier molecular flexibility index (Phi) is 4.18. The van der Waals surface area contributed by atoms with Crippen molar-refractivity contribution in [1.29, 1.82) is 0 Å². The van der Waals surface area contributed by atoms with Gasteiger partial charge >= 0.3 is 0 Å². The van der Waals surface area contributed by atoms with Gasteiger partial charge in [-0.3, -0.25) is 4.79 Å². The first kappa shape index (κ1) is 12.6. The molecule has 0 spiro atoms. The number of carbonyl (C=O) groups is 1. The normalized spacial score (nSPS) is 24.6. The van der Waals surface area contributed by atoms with Crippen molar-refractivity contribution in [2.75, 3.05) is 13.1 Å². The van der Waals surface area contributed by atoms with E-state index in [0.29, 0.717) is 18.4 Å². The minimum absolute atomic E-state index is 0.158. The van der Waals surface area contributed by atoms with E-state index in [4.69, 9.17) is 0 Å². The van der Waals surface area contributed by atoms with E-state index >= 15 is 0 Å². The number of amides is 1. The summed E-state index contributed by atoms with van der Waals surface area (Å²) in [5.74, 6) is 0.684. The maximum Gasteiger partial charge on any atom is 0.225 e. The Hall–Kier alpha value is -0.870. The van der Waals surface area contributed by atoms with Crippen LogP contribution in [-0.4, -0.2) is 25.0 Å². The third kappa shape index (κ3) is 3.54. The highest BCUT2D eigenvalue weighted by molar-refractivity contribution is 7.12. The molecule has 1 amide bonds. The quantitative estimate of drug-likeness (QED) is 0.860. The van der Waals surface area contributed by atoms with E-state index in [1.807, 2.05) is 6.07 Å². The number of rotatable bonds is 3. The van der Waals surface area contributed by atoms with Crippen LogP contribution in [0.4, 0.5) is 0 Å². The molecule has 17 heavy (non-hydrogen) atoms. The van der Waals surface area contributed by atoms with Crippen molar-refractivity contribution in [1.82, 2.24) is 10.6 Å². The second-order valence-corrected chi connectivity index (χ2v) is 6.21. The molecule has 1 aromatic heterocycles. The van der Waals surface area contributed by atoms with Crippen LogP contribution in [0.15, 0.2) is 12.1 Å². The van der Waals surface area contributed by atoms with E-state index in [9.17, 15) is 4.79 Å². The molecule has 3 nitrogen and oxygen atoms in total. The zero-order chi connectivity index (χ0) is 12.3. The summed E-state index contributed by atoms with van der Waals surface area (Å²) >= 11 is 1.71. The summed E-state index contributed by atoms with van der Waals surface area (Å²) in [5.41, 5.74) is 0. The Balaban J connectivity index is 1.84. The summed E-state index contributed by atoms with van der Waals surface area (Å²) in [7, 11) is 0. The van der Waals surface area contributed by atoms with Crippen LogP contribution in [0.2, 0.25) is 0 Å². The first-order valence-corrected chi connectivity index (χ1v) is 7.02. The zero-order valence-corrected chi connectivity index (χ0v) is 11.3. The highest BCUT2D eigenvalue weighted by Gasteiger charge is 2.22. The highest BCUT2D eigenvalue weighted by Crippen LogP contribution is 2.16. The molecule has 2 N–H and O–H groups in total. The van der Waals surface area contributed by atoms with Gasteiger partial charge in [0.1, 0.15) is 0 Å². The van der Waals surface area contributed by atoms with Gasteiger partial charge in [0.2, 0.25) is 5.91 Å². The molecule has 0 aromatic carbocycles.